The zero-order chi connectivity index (χ0) is 13.3. The molecule has 0 unspecified atom stereocenters. The minimum atomic E-state index is -0.858. The van der Waals surface area contributed by atoms with Crippen LogP contribution >= 0.6 is 0 Å². The van der Waals surface area contributed by atoms with Crippen molar-refractivity contribution >= 4 is 23.9 Å². The summed E-state index contributed by atoms with van der Waals surface area (Å²) < 4.78 is 4.75. The standard InChI is InChI=1S/C10H15N3O4/c1-3-17-10(16)9(13-7(2)14)5-4-8(15)6-12-11/h6,9H,3-5H2,1-2H3,(H,13,14)/t9-/m0/s1. The summed E-state index contributed by atoms with van der Waals surface area (Å²) in [6.45, 7) is 3.11. The molecule has 7 heteroatoms. The Bertz CT molecular complexity index is 347. The Morgan fingerprint density at radius 1 is 1.47 bits per heavy atom. The number of nitrogens with one attached hydrogen (secondary N) is 1. The molecule has 1 N–H and O–H groups in total. The Balaban J connectivity index is 4.38. The van der Waals surface area contributed by atoms with Crippen molar-refractivity contribution in [3.05, 3.63) is 5.53 Å². The number of esters is 1. The van der Waals surface area contributed by atoms with Gasteiger partial charge in [0.25, 0.3) is 0 Å². The van der Waals surface area contributed by atoms with Crippen LogP contribution in [0.15, 0.2) is 0 Å². The number of carbonyl (C=O) groups excluding carboxylic acids is 3. The number of amides is 1. The molecule has 0 radical (unpaired) electrons. The van der Waals surface area contributed by atoms with Gasteiger partial charge in [0.2, 0.25) is 11.7 Å². The van der Waals surface area contributed by atoms with Crippen LogP contribution in [0.1, 0.15) is 26.7 Å². The lowest BCUT2D eigenvalue weighted by Crippen LogP contribution is -2.41. The van der Waals surface area contributed by atoms with Crippen LogP contribution in [0.2, 0.25) is 0 Å². The van der Waals surface area contributed by atoms with Gasteiger partial charge < -0.3 is 15.6 Å². The molecule has 0 aliphatic rings. The second-order valence-corrected chi connectivity index (χ2v) is 3.25. The van der Waals surface area contributed by atoms with Crippen molar-refractivity contribution in [3.63, 3.8) is 0 Å². The molecule has 0 heterocycles. The Hall–Kier alpha value is -2.01. The third-order valence-corrected chi connectivity index (χ3v) is 1.83. The molecular weight excluding hydrogens is 226 g/mol. The van der Waals surface area contributed by atoms with Crippen molar-refractivity contribution in [3.8, 4) is 0 Å². The van der Waals surface area contributed by atoms with Crippen LogP contribution in [0.5, 0.6) is 0 Å². The monoisotopic (exact) mass is 241 g/mol. The minimum Gasteiger partial charge on any atom is -0.464 e. The quantitative estimate of drug-likeness (QED) is 0.285. The van der Waals surface area contributed by atoms with E-state index in [2.05, 4.69) is 10.1 Å². The summed E-state index contributed by atoms with van der Waals surface area (Å²) in [7, 11) is 0. The third-order valence-electron chi connectivity index (χ3n) is 1.83. The van der Waals surface area contributed by atoms with E-state index in [1.54, 1.807) is 6.92 Å². The first-order chi connectivity index (χ1) is 8.01. The van der Waals surface area contributed by atoms with Crippen LogP contribution in [0.3, 0.4) is 0 Å². The van der Waals surface area contributed by atoms with Crippen molar-refractivity contribution in [1.82, 2.24) is 5.32 Å². The summed E-state index contributed by atoms with van der Waals surface area (Å²) >= 11 is 0. The van der Waals surface area contributed by atoms with Crippen LogP contribution in [0.4, 0.5) is 0 Å². The average Bonchev–Trinajstić information content (AvgIpc) is 2.24. The van der Waals surface area contributed by atoms with Gasteiger partial charge in [-0.3, -0.25) is 9.59 Å². The summed E-state index contributed by atoms with van der Waals surface area (Å²) in [4.78, 5) is 35.9. The first-order valence-electron chi connectivity index (χ1n) is 5.15. The smallest absolute Gasteiger partial charge is 0.328 e. The fraction of sp³-hybridized carbons (Fsp3) is 0.600. The SMILES string of the molecule is CCOC(=O)[C@H](CCC(=O)C=[N+]=[N-])NC(C)=O. The van der Waals surface area contributed by atoms with Crippen molar-refractivity contribution in [2.75, 3.05) is 6.61 Å². The molecule has 94 valence electrons. The molecule has 1 atom stereocenters. The molecular formula is C10H15N3O4. The van der Waals surface area contributed by atoms with E-state index in [0.717, 1.165) is 6.21 Å². The van der Waals surface area contributed by atoms with Gasteiger partial charge in [0.1, 0.15) is 6.04 Å². The lowest BCUT2D eigenvalue weighted by Gasteiger charge is -2.14. The Morgan fingerprint density at radius 2 is 2.12 bits per heavy atom. The number of ether oxygens (including phenoxy) is 1. The predicted molar refractivity (Wildman–Crippen MR) is 58.2 cm³/mol. The number of hydrogen-bond acceptors (Lipinski definition) is 4. The number of rotatable bonds is 7. The van der Waals surface area contributed by atoms with Crippen LogP contribution < -0.4 is 5.32 Å². The molecule has 0 saturated heterocycles. The van der Waals surface area contributed by atoms with E-state index >= 15 is 0 Å². The molecule has 0 aromatic rings. The molecule has 0 fully saturated rings. The number of nitrogens with zero attached hydrogens (tertiary/aromatic N) is 2. The normalized spacial score (nSPS) is 10.9. The lowest BCUT2D eigenvalue weighted by atomic mass is 10.1. The van der Waals surface area contributed by atoms with E-state index in [4.69, 9.17) is 10.3 Å². The topological polar surface area (TPSA) is 109 Å². The van der Waals surface area contributed by atoms with E-state index in [9.17, 15) is 14.4 Å². The van der Waals surface area contributed by atoms with Gasteiger partial charge in [-0.1, -0.05) is 0 Å². The maximum atomic E-state index is 11.4. The highest BCUT2D eigenvalue weighted by Gasteiger charge is 2.21. The molecule has 0 aliphatic heterocycles. The van der Waals surface area contributed by atoms with Gasteiger partial charge in [0.05, 0.1) is 6.61 Å². The van der Waals surface area contributed by atoms with Crippen LogP contribution in [0, 0.1) is 0 Å². The van der Waals surface area contributed by atoms with Crippen molar-refractivity contribution in [2.24, 2.45) is 0 Å². The number of Topliss-reactive ketones (excluding diaryl/α,β-unsaturated/α-hetero) is 1. The van der Waals surface area contributed by atoms with Crippen molar-refractivity contribution in [1.29, 1.82) is 0 Å². The van der Waals surface area contributed by atoms with E-state index in [-0.39, 0.29) is 25.4 Å². The third kappa shape index (κ3) is 6.97. The van der Waals surface area contributed by atoms with E-state index in [1.807, 2.05) is 0 Å². The fourth-order valence-corrected chi connectivity index (χ4v) is 1.15. The molecule has 17 heavy (non-hydrogen) atoms. The first-order valence-corrected chi connectivity index (χ1v) is 5.15. The molecule has 0 bridgehead atoms. The lowest BCUT2D eigenvalue weighted by molar-refractivity contribution is -0.147. The van der Waals surface area contributed by atoms with Gasteiger partial charge in [0, 0.05) is 13.3 Å². The van der Waals surface area contributed by atoms with Gasteiger partial charge >= 0.3 is 12.2 Å². The molecule has 0 aromatic heterocycles. The van der Waals surface area contributed by atoms with Gasteiger partial charge in [-0.2, -0.15) is 4.79 Å². The zero-order valence-corrected chi connectivity index (χ0v) is 9.80. The number of ketones is 1. The van der Waals surface area contributed by atoms with Gasteiger partial charge in [-0.05, 0) is 13.3 Å². The molecule has 1 amide bonds. The molecule has 0 spiro atoms. The Labute approximate surface area is 98.8 Å². The maximum Gasteiger partial charge on any atom is 0.328 e. The number of hydrogen-bond donors (Lipinski definition) is 1. The predicted octanol–water partition coefficient (Wildman–Crippen LogP) is -0.296. The zero-order valence-electron chi connectivity index (χ0n) is 9.80. The minimum absolute atomic E-state index is 0.0200. The Kier molecular flexibility index (Phi) is 7.21. The highest BCUT2D eigenvalue weighted by molar-refractivity contribution is 6.25. The maximum absolute atomic E-state index is 11.4. The van der Waals surface area contributed by atoms with Gasteiger partial charge in [-0.25, -0.2) is 4.79 Å². The molecule has 0 aliphatic carbocycles. The number of carbonyl (C=O) groups is 3. The van der Waals surface area contributed by atoms with Crippen molar-refractivity contribution in [2.45, 2.75) is 32.7 Å². The second kappa shape index (κ2) is 8.18. The van der Waals surface area contributed by atoms with E-state index in [0.29, 0.717) is 0 Å². The van der Waals surface area contributed by atoms with Gasteiger partial charge in [-0.15, -0.1) is 0 Å². The first kappa shape index (κ1) is 15.0. The summed E-state index contributed by atoms with van der Waals surface area (Å²) in [6, 6.07) is -0.858. The van der Waals surface area contributed by atoms with Crippen LogP contribution in [0.25, 0.3) is 5.53 Å². The van der Waals surface area contributed by atoms with E-state index in [1.165, 1.54) is 6.92 Å². The molecule has 7 nitrogen and oxygen atoms in total. The summed E-state index contributed by atoms with van der Waals surface area (Å²) in [5.41, 5.74) is 8.13. The highest BCUT2D eigenvalue weighted by atomic mass is 16.5. The van der Waals surface area contributed by atoms with Crippen LogP contribution in [-0.2, 0) is 19.1 Å². The molecule has 0 aromatic carbocycles. The highest BCUT2D eigenvalue weighted by Crippen LogP contribution is 2.00. The van der Waals surface area contributed by atoms with Crippen molar-refractivity contribution < 1.29 is 23.9 Å². The summed E-state index contributed by atoms with van der Waals surface area (Å²) in [6.07, 6.45) is 0.826. The average molecular weight is 241 g/mol. The van der Waals surface area contributed by atoms with E-state index < -0.39 is 17.8 Å². The Morgan fingerprint density at radius 3 is 2.59 bits per heavy atom. The second-order valence-electron chi connectivity index (χ2n) is 3.25. The fourth-order valence-electron chi connectivity index (χ4n) is 1.15. The van der Waals surface area contributed by atoms with Gasteiger partial charge in [0.15, 0.2) is 0 Å². The largest absolute Gasteiger partial charge is 0.464 e. The summed E-state index contributed by atoms with van der Waals surface area (Å²) in [5.74, 6) is -1.41. The van der Waals surface area contributed by atoms with Crippen LogP contribution in [-0.4, -0.2) is 41.3 Å². The summed E-state index contributed by atoms with van der Waals surface area (Å²) in [5, 5.41) is 2.39. The molecule has 0 saturated carbocycles. The molecule has 0 rings (SSSR count).